The molecule has 1 aliphatic rings. The number of phenolic OH excluding ortho intramolecular Hbond substituents is 1. The Labute approximate surface area is 164 Å². The van der Waals surface area contributed by atoms with Gasteiger partial charge in [0.2, 0.25) is 10.0 Å². The Balaban J connectivity index is 2.43. The molecule has 2 N–H and O–H groups in total. The molecule has 28 heavy (non-hydrogen) atoms. The van der Waals surface area contributed by atoms with Crippen LogP contribution in [0, 0.1) is 0 Å². The lowest BCUT2D eigenvalue weighted by molar-refractivity contribution is -0.160. The second-order valence-electron chi connectivity index (χ2n) is 7.39. The molecule has 9 nitrogen and oxygen atoms in total. The molecule has 1 aliphatic heterocycles. The highest BCUT2D eigenvalue weighted by atomic mass is 32.2. The molecular weight excluding hydrogens is 388 g/mol. The molecule has 0 aliphatic carbocycles. The molecule has 0 unspecified atom stereocenters. The molecule has 1 aromatic rings. The molecule has 0 radical (unpaired) electrons. The number of nitrogens with one attached hydrogen (secondary N) is 1. The van der Waals surface area contributed by atoms with Crippen LogP contribution in [0.5, 0.6) is 5.75 Å². The number of methoxy groups -OCH3 is 1. The van der Waals surface area contributed by atoms with E-state index in [1.807, 2.05) is 0 Å². The van der Waals surface area contributed by atoms with Gasteiger partial charge in [-0.2, -0.15) is 4.31 Å². The van der Waals surface area contributed by atoms with Crippen molar-refractivity contribution >= 4 is 27.6 Å². The number of phenols is 1. The number of fused-ring (bicyclic) bond motifs is 1. The fourth-order valence-corrected chi connectivity index (χ4v) is 4.62. The first-order valence-corrected chi connectivity index (χ1v) is 10.3. The van der Waals surface area contributed by atoms with Crippen molar-refractivity contribution in [2.45, 2.75) is 50.2 Å². The molecule has 0 spiro atoms. The van der Waals surface area contributed by atoms with E-state index in [-0.39, 0.29) is 42.3 Å². The van der Waals surface area contributed by atoms with Crippen molar-refractivity contribution in [2.75, 3.05) is 25.5 Å². The summed E-state index contributed by atoms with van der Waals surface area (Å²) in [7, 11) is -2.86. The van der Waals surface area contributed by atoms with Crippen molar-refractivity contribution < 1.29 is 32.6 Å². The van der Waals surface area contributed by atoms with Crippen molar-refractivity contribution in [1.29, 1.82) is 0 Å². The third-order valence-corrected chi connectivity index (χ3v) is 6.04. The summed E-state index contributed by atoms with van der Waals surface area (Å²) in [5.41, 5.74) is -0.573. The van der Waals surface area contributed by atoms with Crippen molar-refractivity contribution in [3.05, 3.63) is 18.2 Å². The quantitative estimate of drug-likeness (QED) is 0.695. The van der Waals surface area contributed by atoms with Crippen LogP contribution < -0.4 is 5.32 Å². The lowest BCUT2D eigenvalue weighted by Gasteiger charge is -2.30. The van der Waals surface area contributed by atoms with Crippen LogP contribution in [0.1, 0.15) is 33.6 Å². The fourth-order valence-electron chi connectivity index (χ4n) is 2.86. The third kappa shape index (κ3) is 5.14. The number of nitrogens with zero attached hydrogens (tertiary/aromatic N) is 1. The van der Waals surface area contributed by atoms with E-state index in [2.05, 4.69) is 10.1 Å². The molecule has 0 fully saturated rings. The predicted octanol–water partition coefficient (Wildman–Crippen LogP) is 1.47. The van der Waals surface area contributed by atoms with Gasteiger partial charge in [-0.3, -0.25) is 9.59 Å². The largest absolute Gasteiger partial charge is 0.508 e. The Morgan fingerprint density at radius 3 is 2.61 bits per heavy atom. The Kier molecular flexibility index (Phi) is 6.56. The number of ether oxygens (including phenoxy) is 2. The van der Waals surface area contributed by atoms with Crippen LogP contribution in [-0.4, -0.2) is 61.6 Å². The van der Waals surface area contributed by atoms with Gasteiger partial charge < -0.3 is 19.9 Å². The number of sulfonamides is 1. The predicted molar refractivity (Wildman–Crippen MR) is 101 cm³/mol. The zero-order valence-corrected chi connectivity index (χ0v) is 17.2. The number of hydrogen-bond acceptors (Lipinski definition) is 8. The number of carbonyl (C=O) groups excluding carboxylic acids is 2. The number of esters is 2. The number of benzene rings is 1. The zero-order chi connectivity index (χ0) is 21.1. The van der Waals surface area contributed by atoms with E-state index in [9.17, 15) is 23.1 Å². The standard InChI is InChI=1S/C18H26N2O7S/c1-18(2,3)27-17(23)14(6-8-16(22)26-4)20-10-9-19-13-11-12(21)5-7-15(13)28(20,24)25/h5,7,11,14,19,21H,6,8-10H2,1-4H3/t14-/m1/s1. The molecule has 1 aromatic carbocycles. The van der Waals surface area contributed by atoms with Gasteiger partial charge in [0.1, 0.15) is 22.3 Å². The van der Waals surface area contributed by atoms with Gasteiger partial charge in [-0.15, -0.1) is 0 Å². The molecule has 2 rings (SSSR count). The van der Waals surface area contributed by atoms with Crippen LogP contribution >= 0.6 is 0 Å². The van der Waals surface area contributed by atoms with Crippen molar-refractivity contribution in [2.24, 2.45) is 0 Å². The highest BCUT2D eigenvalue weighted by Gasteiger charge is 2.40. The molecule has 10 heteroatoms. The summed E-state index contributed by atoms with van der Waals surface area (Å²) in [6.45, 7) is 5.24. The normalized spacial score (nSPS) is 17.6. The highest BCUT2D eigenvalue weighted by molar-refractivity contribution is 7.89. The van der Waals surface area contributed by atoms with Gasteiger partial charge in [-0.25, -0.2) is 8.42 Å². The molecule has 0 saturated heterocycles. The average Bonchev–Trinajstić information content (AvgIpc) is 2.69. The minimum Gasteiger partial charge on any atom is -0.508 e. The number of hydrogen-bond donors (Lipinski definition) is 2. The summed E-state index contributed by atoms with van der Waals surface area (Å²) in [5, 5.41) is 12.6. The van der Waals surface area contributed by atoms with Gasteiger partial charge >= 0.3 is 11.9 Å². The maximum Gasteiger partial charge on any atom is 0.324 e. The van der Waals surface area contributed by atoms with Gasteiger partial charge in [-0.05, 0) is 39.3 Å². The van der Waals surface area contributed by atoms with Crippen LogP contribution in [0.4, 0.5) is 5.69 Å². The van der Waals surface area contributed by atoms with Crippen LogP contribution in [0.15, 0.2) is 23.1 Å². The van der Waals surface area contributed by atoms with E-state index in [0.29, 0.717) is 0 Å². The SMILES string of the molecule is COC(=O)CC[C@H](C(=O)OC(C)(C)C)N1CCNc2cc(O)ccc2S1(=O)=O. The van der Waals surface area contributed by atoms with Crippen LogP contribution in [0.3, 0.4) is 0 Å². The molecule has 1 atom stereocenters. The fraction of sp³-hybridized carbons (Fsp3) is 0.556. The first-order valence-electron chi connectivity index (χ1n) is 8.84. The van der Waals surface area contributed by atoms with Crippen molar-refractivity contribution in [1.82, 2.24) is 4.31 Å². The van der Waals surface area contributed by atoms with E-state index < -0.39 is 33.6 Å². The number of anilines is 1. The Morgan fingerprint density at radius 2 is 2.00 bits per heavy atom. The molecule has 0 amide bonds. The summed E-state index contributed by atoms with van der Waals surface area (Å²) in [4.78, 5) is 24.3. The topological polar surface area (TPSA) is 122 Å². The first-order chi connectivity index (χ1) is 13.0. The Bertz CT molecular complexity index is 846. The van der Waals surface area contributed by atoms with Crippen molar-refractivity contribution in [3.8, 4) is 5.75 Å². The van der Waals surface area contributed by atoms with Gasteiger partial charge in [0.15, 0.2) is 0 Å². The second-order valence-corrected chi connectivity index (χ2v) is 9.25. The van der Waals surface area contributed by atoms with Gasteiger partial charge in [0, 0.05) is 25.6 Å². The van der Waals surface area contributed by atoms with E-state index in [1.165, 1.54) is 25.3 Å². The summed E-state index contributed by atoms with van der Waals surface area (Å²) in [6.07, 6.45) is -0.212. The molecule has 1 heterocycles. The molecule has 156 valence electrons. The lowest BCUT2D eigenvalue weighted by atomic mass is 10.1. The average molecular weight is 414 g/mol. The first kappa shape index (κ1) is 22.0. The van der Waals surface area contributed by atoms with E-state index >= 15 is 0 Å². The smallest absolute Gasteiger partial charge is 0.324 e. The Hall–Kier alpha value is -2.33. The minimum absolute atomic E-state index is 0.0111. The van der Waals surface area contributed by atoms with Crippen molar-refractivity contribution in [3.63, 3.8) is 0 Å². The van der Waals surface area contributed by atoms with Gasteiger partial charge in [0.25, 0.3) is 0 Å². The Morgan fingerprint density at radius 1 is 1.32 bits per heavy atom. The summed E-state index contributed by atoms with van der Waals surface area (Å²) < 4.78 is 37.5. The summed E-state index contributed by atoms with van der Waals surface area (Å²) in [5.74, 6) is -1.37. The van der Waals surface area contributed by atoms with E-state index in [0.717, 1.165) is 4.31 Å². The van der Waals surface area contributed by atoms with Crippen LogP contribution in [0.25, 0.3) is 0 Å². The number of aromatic hydroxyl groups is 1. The highest BCUT2D eigenvalue weighted by Crippen LogP contribution is 2.32. The monoisotopic (exact) mass is 414 g/mol. The second kappa shape index (κ2) is 8.36. The van der Waals surface area contributed by atoms with Crippen LogP contribution in [-0.2, 0) is 29.1 Å². The summed E-state index contributed by atoms with van der Waals surface area (Å²) >= 11 is 0. The third-order valence-electron chi connectivity index (χ3n) is 4.07. The van der Waals surface area contributed by atoms with E-state index in [4.69, 9.17) is 4.74 Å². The lowest BCUT2D eigenvalue weighted by Crippen LogP contribution is -2.48. The number of rotatable bonds is 5. The number of carbonyl (C=O) groups is 2. The van der Waals surface area contributed by atoms with Gasteiger partial charge in [0.05, 0.1) is 12.8 Å². The van der Waals surface area contributed by atoms with E-state index in [1.54, 1.807) is 20.8 Å². The summed E-state index contributed by atoms with van der Waals surface area (Å²) in [6, 6.07) is 2.66. The molecule has 0 saturated carbocycles. The maximum atomic E-state index is 13.2. The maximum absolute atomic E-state index is 13.2. The molecule has 0 bridgehead atoms. The van der Waals surface area contributed by atoms with Gasteiger partial charge in [-0.1, -0.05) is 0 Å². The minimum atomic E-state index is -4.08. The molecule has 0 aromatic heterocycles. The molecular formula is C18H26N2O7S. The van der Waals surface area contributed by atoms with Crippen LogP contribution in [0.2, 0.25) is 0 Å². The zero-order valence-electron chi connectivity index (χ0n) is 16.4.